The molecule has 1 unspecified atom stereocenters. The average molecular weight is 486 g/mol. The molecule has 12 heteroatoms. The summed E-state index contributed by atoms with van der Waals surface area (Å²) < 4.78 is 0. The number of fused-ring (bicyclic) bond motifs is 1. The Bertz CT molecular complexity index is 1210. The van der Waals surface area contributed by atoms with E-state index in [1.54, 1.807) is 30.5 Å². The van der Waals surface area contributed by atoms with Gasteiger partial charge in [0, 0.05) is 24.3 Å². The van der Waals surface area contributed by atoms with Gasteiger partial charge in [-0.1, -0.05) is 23.7 Å². The summed E-state index contributed by atoms with van der Waals surface area (Å²) in [5, 5.41) is 16.1. The Morgan fingerprint density at radius 1 is 1.18 bits per heavy atom. The van der Waals surface area contributed by atoms with E-state index in [9.17, 15) is 19.5 Å². The van der Waals surface area contributed by atoms with Crippen molar-refractivity contribution in [3.05, 3.63) is 53.4 Å². The summed E-state index contributed by atoms with van der Waals surface area (Å²) in [5.74, 6) is -0.414. The fraction of sp³-hybridized carbons (Fsp3) is 0.318. The number of halogens is 1. The summed E-state index contributed by atoms with van der Waals surface area (Å²) >= 11 is 5.95. The molecule has 1 fully saturated rings. The normalized spacial score (nSPS) is 16.1. The molecule has 0 spiro atoms. The number of primary amides is 1. The standard InChI is InChI=1S/C22H24ClN7O4/c23-14-3-1-13(2-4-14)16(11-17(24)31)28-20(32)22(29-21(33)34)6-9-30(10-7-22)19-15-5-8-25-18(15)26-12-27-19/h1-5,8,12,16,29H,6-7,9-11H2,(H2,24,31)(H,28,32)(H,33,34)(H,25,26,27). The van der Waals surface area contributed by atoms with E-state index in [1.807, 2.05) is 11.0 Å². The van der Waals surface area contributed by atoms with E-state index in [0.717, 1.165) is 5.39 Å². The maximum atomic E-state index is 13.4. The van der Waals surface area contributed by atoms with Crippen LogP contribution in [0, 0.1) is 0 Å². The van der Waals surface area contributed by atoms with Gasteiger partial charge < -0.3 is 31.4 Å². The van der Waals surface area contributed by atoms with E-state index >= 15 is 0 Å². The molecule has 0 aliphatic carbocycles. The number of benzene rings is 1. The van der Waals surface area contributed by atoms with Gasteiger partial charge in [-0.25, -0.2) is 14.8 Å². The Balaban J connectivity index is 1.55. The molecule has 1 saturated heterocycles. The van der Waals surface area contributed by atoms with Gasteiger partial charge in [-0.2, -0.15) is 0 Å². The highest BCUT2D eigenvalue weighted by atomic mass is 35.5. The van der Waals surface area contributed by atoms with E-state index in [-0.39, 0.29) is 19.3 Å². The van der Waals surface area contributed by atoms with Crippen LogP contribution in [-0.2, 0) is 9.59 Å². The fourth-order valence-corrected chi connectivity index (χ4v) is 4.40. The molecule has 0 bridgehead atoms. The lowest BCUT2D eigenvalue weighted by atomic mass is 9.85. The van der Waals surface area contributed by atoms with Crippen LogP contribution in [0.4, 0.5) is 10.6 Å². The van der Waals surface area contributed by atoms with Gasteiger partial charge in [0.1, 0.15) is 23.3 Å². The Morgan fingerprint density at radius 2 is 1.88 bits per heavy atom. The van der Waals surface area contributed by atoms with E-state index in [0.29, 0.717) is 35.1 Å². The van der Waals surface area contributed by atoms with Gasteiger partial charge >= 0.3 is 6.09 Å². The molecule has 34 heavy (non-hydrogen) atoms. The summed E-state index contributed by atoms with van der Waals surface area (Å²) in [7, 11) is 0. The summed E-state index contributed by atoms with van der Waals surface area (Å²) in [5.41, 5.74) is 5.35. The molecule has 6 N–H and O–H groups in total. The minimum absolute atomic E-state index is 0.144. The number of hydrogen-bond donors (Lipinski definition) is 5. The summed E-state index contributed by atoms with van der Waals surface area (Å²) in [6, 6.07) is 7.80. The van der Waals surface area contributed by atoms with Crippen LogP contribution in [0.3, 0.4) is 0 Å². The van der Waals surface area contributed by atoms with Crippen LogP contribution in [0.2, 0.25) is 5.02 Å². The minimum Gasteiger partial charge on any atom is -0.465 e. The van der Waals surface area contributed by atoms with E-state index in [4.69, 9.17) is 17.3 Å². The number of H-pyrrole nitrogens is 1. The van der Waals surface area contributed by atoms with Crippen LogP contribution < -0.4 is 21.3 Å². The van der Waals surface area contributed by atoms with Crippen LogP contribution in [-0.4, -0.2) is 56.6 Å². The molecule has 11 nitrogen and oxygen atoms in total. The first-order valence-electron chi connectivity index (χ1n) is 10.7. The van der Waals surface area contributed by atoms with Crippen molar-refractivity contribution < 1.29 is 19.5 Å². The number of aromatic nitrogens is 3. The van der Waals surface area contributed by atoms with Crippen molar-refractivity contribution in [3.8, 4) is 0 Å². The lowest BCUT2D eigenvalue weighted by Gasteiger charge is -2.41. The van der Waals surface area contributed by atoms with Crippen molar-refractivity contribution in [3.63, 3.8) is 0 Å². The predicted molar refractivity (Wildman–Crippen MR) is 125 cm³/mol. The molecule has 4 rings (SSSR count). The van der Waals surface area contributed by atoms with Crippen molar-refractivity contribution in [2.24, 2.45) is 5.73 Å². The van der Waals surface area contributed by atoms with Gasteiger partial charge in [-0.15, -0.1) is 0 Å². The van der Waals surface area contributed by atoms with Crippen molar-refractivity contribution in [2.45, 2.75) is 30.8 Å². The van der Waals surface area contributed by atoms with E-state index in [2.05, 4.69) is 25.6 Å². The molecule has 2 aromatic heterocycles. The summed E-state index contributed by atoms with van der Waals surface area (Å²) in [6.45, 7) is 0.763. The molecule has 178 valence electrons. The largest absolute Gasteiger partial charge is 0.465 e. The van der Waals surface area contributed by atoms with Gasteiger partial charge in [0.05, 0.1) is 17.8 Å². The lowest BCUT2D eigenvalue weighted by molar-refractivity contribution is -0.129. The van der Waals surface area contributed by atoms with Gasteiger partial charge in [0.2, 0.25) is 11.8 Å². The van der Waals surface area contributed by atoms with Crippen molar-refractivity contribution in [1.29, 1.82) is 0 Å². The first-order chi connectivity index (χ1) is 16.3. The number of amides is 3. The zero-order valence-electron chi connectivity index (χ0n) is 18.1. The number of nitrogens with zero attached hydrogens (tertiary/aromatic N) is 3. The molecule has 1 aliphatic heterocycles. The first kappa shape index (κ1) is 23.3. The molecule has 3 heterocycles. The highest BCUT2D eigenvalue weighted by molar-refractivity contribution is 6.30. The molecular weight excluding hydrogens is 462 g/mol. The smallest absolute Gasteiger partial charge is 0.405 e. The molecule has 0 saturated carbocycles. The van der Waals surface area contributed by atoms with Crippen LogP contribution in [0.5, 0.6) is 0 Å². The highest BCUT2D eigenvalue weighted by Gasteiger charge is 2.44. The minimum atomic E-state index is -1.38. The Hall–Kier alpha value is -3.86. The summed E-state index contributed by atoms with van der Waals surface area (Å²) in [4.78, 5) is 50.3. The van der Waals surface area contributed by atoms with Crippen LogP contribution >= 0.6 is 11.6 Å². The van der Waals surface area contributed by atoms with E-state index in [1.165, 1.54) is 6.33 Å². The predicted octanol–water partition coefficient (Wildman–Crippen LogP) is 1.95. The van der Waals surface area contributed by atoms with Gasteiger partial charge in [0.25, 0.3) is 0 Å². The molecule has 3 aromatic rings. The number of anilines is 1. The SMILES string of the molecule is NC(=O)CC(NC(=O)C1(NC(=O)O)CCN(c2ncnc3[nH]ccc23)CC1)c1ccc(Cl)cc1. The average Bonchev–Trinajstić information content (AvgIpc) is 3.28. The zero-order chi connectivity index (χ0) is 24.3. The maximum absolute atomic E-state index is 13.4. The van der Waals surface area contributed by atoms with Crippen molar-refractivity contribution >= 4 is 46.4 Å². The molecule has 3 amide bonds. The van der Waals surface area contributed by atoms with E-state index < -0.39 is 29.5 Å². The lowest BCUT2D eigenvalue weighted by Crippen LogP contribution is -2.63. The van der Waals surface area contributed by atoms with Gasteiger partial charge in [-0.3, -0.25) is 9.59 Å². The monoisotopic (exact) mass is 485 g/mol. The quantitative estimate of drug-likeness (QED) is 0.341. The maximum Gasteiger partial charge on any atom is 0.405 e. The fourth-order valence-electron chi connectivity index (χ4n) is 4.27. The zero-order valence-corrected chi connectivity index (χ0v) is 18.9. The highest BCUT2D eigenvalue weighted by Crippen LogP contribution is 2.30. The second-order valence-corrected chi connectivity index (χ2v) is 8.62. The molecule has 0 radical (unpaired) electrons. The first-order valence-corrected chi connectivity index (χ1v) is 11.0. The van der Waals surface area contributed by atoms with Gasteiger partial charge in [0.15, 0.2) is 0 Å². The third-order valence-electron chi connectivity index (χ3n) is 6.01. The number of nitrogens with one attached hydrogen (secondary N) is 3. The summed E-state index contributed by atoms with van der Waals surface area (Å²) in [6.07, 6.45) is 2.17. The number of carboxylic acid groups (broad SMARTS) is 1. The van der Waals surface area contributed by atoms with Crippen LogP contribution in [0.25, 0.3) is 11.0 Å². The number of piperidine rings is 1. The van der Waals surface area contributed by atoms with Crippen molar-refractivity contribution in [1.82, 2.24) is 25.6 Å². The van der Waals surface area contributed by atoms with Crippen LogP contribution in [0.15, 0.2) is 42.9 Å². The Labute approximate surface area is 199 Å². The van der Waals surface area contributed by atoms with Crippen molar-refractivity contribution in [2.75, 3.05) is 18.0 Å². The number of rotatable bonds is 7. The van der Waals surface area contributed by atoms with Gasteiger partial charge in [-0.05, 0) is 36.6 Å². The number of hydrogen-bond acceptors (Lipinski definition) is 6. The number of carbonyl (C=O) groups is 3. The second kappa shape index (κ2) is 9.56. The third kappa shape index (κ3) is 4.88. The third-order valence-corrected chi connectivity index (χ3v) is 6.27. The van der Waals surface area contributed by atoms with Crippen LogP contribution in [0.1, 0.15) is 30.9 Å². The number of carbonyl (C=O) groups excluding carboxylic acids is 2. The molecule has 1 atom stereocenters. The second-order valence-electron chi connectivity index (χ2n) is 8.18. The topological polar surface area (TPSA) is 166 Å². The number of aromatic amines is 1. The molecule has 1 aliphatic rings. The molecule has 1 aromatic carbocycles. The molecular formula is C22H24ClN7O4. The Kier molecular flexibility index (Phi) is 6.55. The number of nitrogens with two attached hydrogens (primary N) is 1. The Morgan fingerprint density at radius 3 is 2.53 bits per heavy atom.